The van der Waals surface area contributed by atoms with Gasteiger partial charge in [-0.15, -0.1) is 0 Å². The summed E-state index contributed by atoms with van der Waals surface area (Å²) in [6.07, 6.45) is 3.80. The Bertz CT molecular complexity index is 1260. The molecule has 4 atom stereocenters. The minimum Gasteiger partial charge on any atom is -0.387 e. The Balaban J connectivity index is 1.24. The molecule has 1 spiro atoms. The molecule has 1 aliphatic carbocycles. The van der Waals surface area contributed by atoms with Gasteiger partial charge in [-0.3, -0.25) is 9.48 Å². The molecule has 12 heteroatoms. The predicted molar refractivity (Wildman–Crippen MR) is 126 cm³/mol. The predicted octanol–water partition coefficient (Wildman–Crippen LogP) is -0.318. The molecule has 2 aliphatic heterocycles. The molecular formula is C23H30N8O4. The fourth-order valence-corrected chi connectivity index (χ4v) is 5.65. The number of nitrogen functional groups attached to an aromatic ring is 1. The third-order valence-corrected chi connectivity index (χ3v) is 7.79. The number of anilines is 1. The molecule has 1 saturated carbocycles. The lowest BCUT2D eigenvalue weighted by Crippen LogP contribution is -2.57. The molecule has 35 heavy (non-hydrogen) atoms. The van der Waals surface area contributed by atoms with Crippen LogP contribution in [0.15, 0.2) is 24.8 Å². The highest BCUT2D eigenvalue weighted by atomic mass is 16.6. The Morgan fingerprint density at radius 2 is 2.03 bits per heavy atom. The van der Waals surface area contributed by atoms with Gasteiger partial charge < -0.3 is 35.9 Å². The summed E-state index contributed by atoms with van der Waals surface area (Å²) in [5.41, 5.74) is 8.29. The molecule has 3 aliphatic rings. The lowest BCUT2D eigenvalue weighted by atomic mass is 9.68. The highest BCUT2D eigenvalue weighted by Crippen LogP contribution is 2.40. The highest BCUT2D eigenvalue weighted by molar-refractivity contribution is 5.99. The smallest absolute Gasteiger partial charge is 0.252 e. The Hall–Kier alpha value is -3.06. The van der Waals surface area contributed by atoms with Gasteiger partial charge in [-0.2, -0.15) is 5.10 Å². The number of aliphatic hydroxyl groups is 2. The van der Waals surface area contributed by atoms with Crippen molar-refractivity contribution in [1.82, 2.24) is 34.9 Å². The highest BCUT2D eigenvalue weighted by Gasteiger charge is 2.49. The SMILES string of the molecule is Cn1ccc(-c2cn([C@@H]3O[C@H](C(=O)NC4CCC5(CC4)CNC5)[C@@H](O)[C@H]3O)c3ncnc(N)c23)n1. The number of fused-ring (bicyclic) bond motifs is 1. The largest absolute Gasteiger partial charge is 0.387 e. The van der Waals surface area contributed by atoms with Crippen LogP contribution >= 0.6 is 0 Å². The molecule has 12 nitrogen and oxygen atoms in total. The Morgan fingerprint density at radius 1 is 1.26 bits per heavy atom. The van der Waals surface area contributed by atoms with Gasteiger partial charge in [0.1, 0.15) is 30.0 Å². The first kappa shape index (κ1) is 22.4. The number of hydrogen-bond acceptors (Lipinski definition) is 9. The summed E-state index contributed by atoms with van der Waals surface area (Å²) >= 11 is 0. The van der Waals surface area contributed by atoms with Crippen LogP contribution in [0.5, 0.6) is 0 Å². The maximum Gasteiger partial charge on any atom is 0.252 e. The fourth-order valence-electron chi connectivity index (χ4n) is 5.65. The zero-order valence-electron chi connectivity index (χ0n) is 19.5. The van der Waals surface area contributed by atoms with E-state index in [1.165, 1.54) is 6.33 Å². The van der Waals surface area contributed by atoms with E-state index in [4.69, 9.17) is 10.5 Å². The molecule has 5 heterocycles. The normalized spacial score (nSPS) is 28.4. The molecule has 3 fully saturated rings. The number of aromatic nitrogens is 5. The Labute approximate surface area is 201 Å². The second kappa shape index (κ2) is 8.26. The van der Waals surface area contributed by atoms with E-state index in [9.17, 15) is 15.0 Å². The number of ether oxygens (including phenoxy) is 1. The number of aryl methyl sites for hydroxylation is 1. The monoisotopic (exact) mass is 482 g/mol. The molecule has 1 amide bonds. The summed E-state index contributed by atoms with van der Waals surface area (Å²) in [6, 6.07) is 1.87. The molecule has 0 radical (unpaired) electrons. The van der Waals surface area contributed by atoms with Crippen LogP contribution in [0.2, 0.25) is 0 Å². The maximum atomic E-state index is 13.1. The first-order valence-corrected chi connectivity index (χ1v) is 12.0. The van der Waals surface area contributed by atoms with Crippen LogP contribution in [-0.4, -0.2) is 77.9 Å². The minimum atomic E-state index is -1.39. The summed E-state index contributed by atoms with van der Waals surface area (Å²) in [6.45, 7) is 2.09. The van der Waals surface area contributed by atoms with Gasteiger partial charge in [0.2, 0.25) is 0 Å². The Kier molecular flexibility index (Phi) is 5.29. The fraction of sp³-hybridized carbons (Fsp3) is 0.565. The number of carbonyl (C=O) groups excluding carboxylic acids is 1. The van der Waals surface area contributed by atoms with Gasteiger partial charge in [0.05, 0.1) is 11.1 Å². The molecule has 0 bridgehead atoms. The molecule has 0 aromatic carbocycles. The van der Waals surface area contributed by atoms with Gasteiger partial charge in [0.25, 0.3) is 5.91 Å². The lowest BCUT2D eigenvalue weighted by molar-refractivity contribution is -0.138. The van der Waals surface area contributed by atoms with Crippen LogP contribution in [0.4, 0.5) is 5.82 Å². The van der Waals surface area contributed by atoms with Crippen molar-refractivity contribution >= 4 is 22.8 Å². The summed E-state index contributed by atoms with van der Waals surface area (Å²) in [7, 11) is 1.81. The number of carbonyl (C=O) groups is 1. The van der Waals surface area contributed by atoms with Crippen molar-refractivity contribution in [1.29, 1.82) is 0 Å². The molecule has 6 N–H and O–H groups in total. The molecule has 3 aromatic heterocycles. The Morgan fingerprint density at radius 3 is 2.69 bits per heavy atom. The van der Waals surface area contributed by atoms with Gasteiger partial charge >= 0.3 is 0 Å². The number of aliphatic hydroxyl groups excluding tert-OH is 2. The number of hydrogen-bond donors (Lipinski definition) is 5. The van der Waals surface area contributed by atoms with Crippen LogP contribution < -0.4 is 16.4 Å². The average Bonchev–Trinajstić information content (AvgIpc) is 3.50. The van der Waals surface area contributed by atoms with Crippen molar-refractivity contribution in [2.45, 2.75) is 56.3 Å². The number of nitrogens with two attached hydrogens (primary N) is 1. The number of rotatable bonds is 4. The van der Waals surface area contributed by atoms with Crippen molar-refractivity contribution in [3.8, 4) is 11.3 Å². The summed E-state index contributed by atoms with van der Waals surface area (Å²) < 4.78 is 9.22. The van der Waals surface area contributed by atoms with E-state index in [0.29, 0.717) is 27.7 Å². The van der Waals surface area contributed by atoms with Crippen molar-refractivity contribution < 1.29 is 19.7 Å². The van der Waals surface area contributed by atoms with E-state index >= 15 is 0 Å². The van der Waals surface area contributed by atoms with Crippen LogP contribution in [0.3, 0.4) is 0 Å². The van der Waals surface area contributed by atoms with Crippen molar-refractivity contribution in [2.24, 2.45) is 12.5 Å². The summed E-state index contributed by atoms with van der Waals surface area (Å²) in [5.74, 6) is -0.157. The van der Waals surface area contributed by atoms with Gasteiger partial charge in [0, 0.05) is 44.1 Å². The van der Waals surface area contributed by atoms with E-state index in [2.05, 4.69) is 25.7 Å². The molecule has 2 saturated heterocycles. The van der Waals surface area contributed by atoms with E-state index < -0.39 is 30.4 Å². The first-order valence-electron chi connectivity index (χ1n) is 12.0. The number of amides is 1. The van der Waals surface area contributed by atoms with Gasteiger partial charge in [-0.1, -0.05) is 0 Å². The molecule has 6 rings (SSSR count). The van der Waals surface area contributed by atoms with Crippen LogP contribution in [0, 0.1) is 5.41 Å². The van der Waals surface area contributed by atoms with Gasteiger partial charge in [-0.05, 0) is 37.2 Å². The quantitative estimate of drug-likeness (QED) is 0.335. The minimum absolute atomic E-state index is 0.0384. The average molecular weight is 483 g/mol. The lowest BCUT2D eigenvalue weighted by Gasteiger charge is -2.47. The van der Waals surface area contributed by atoms with Crippen LogP contribution in [0.1, 0.15) is 31.9 Å². The van der Waals surface area contributed by atoms with E-state index in [1.54, 1.807) is 28.7 Å². The zero-order valence-corrected chi connectivity index (χ0v) is 19.5. The number of nitrogens with one attached hydrogen (secondary N) is 2. The molecule has 186 valence electrons. The van der Waals surface area contributed by atoms with E-state index in [-0.39, 0.29) is 11.9 Å². The van der Waals surface area contributed by atoms with Gasteiger partial charge in [-0.25, -0.2) is 9.97 Å². The summed E-state index contributed by atoms with van der Waals surface area (Å²) in [5, 5.41) is 33.0. The van der Waals surface area contributed by atoms with E-state index in [1.807, 2.05) is 6.07 Å². The second-order valence-electron chi connectivity index (χ2n) is 10.1. The van der Waals surface area contributed by atoms with Crippen molar-refractivity contribution in [3.05, 3.63) is 24.8 Å². The standard InChI is InChI=1S/C23H30N8O4/c1-30-7-4-14(29-30)13-8-31(20-15(13)19(24)26-11-27-20)22-17(33)16(32)18(35-22)21(34)28-12-2-5-23(6-3-12)9-25-10-23/h4,7-8,11-12,16-18,22,25,32-33H,2-3,5-6,9-10H2,1H3,(H,28,34)(H2,24,26,27)/t16-,17+,18-,22+/m0/s1. The van der Waals surface area contributed by atoms with Crippen LogP contribution in [-0.2, 0) is 16.6 Å². The molecule has 3 aromatic rings. The van der Waals surface area contributed by atoms with Gasteiger partial charge in [0.15, 0.2) is 12.3 Å². The summed E-state index contributed by atoms with van der Waals surface area (Å²) in [4.78, 5) is 21.5. The molecule has 0 unspecified atom stereocenters. The van der Waals surface area contributed by atoms with Crippen molar-refractivity contribution in [2.75, 3.05) is 18.8 Å². The third-order valence-electron chi connectivity index (χ3n) is 7.79. The first-order chi connectivity index (χ1) is 16.8. The molecular weight excluding hydrogens is 452 g/mol. The zero-order chi connectivity index (χ0) is 24.3. The topological polar surface area (TPSA) is 165 Å². The third kappa shape index (κ3) is 3.68. The van der Waals surface area contributed by atoms with E-state index in [0.717, 1.165) is 38.8 Å². The second-order valence-corrected chi connectivity index (χ2v) is 10.1. The number of nitrogens with zero attached hydrogens (tertiary/aromatic N) is 5. The maximum absolute atomic E-state index is 13.1. The van der Waals surface area contributed by atoms with Crippen molar-refractivity contribution in [3.63, 3.8) is 0 Å². The van der Waals surface area contributed by atoms with Crippen LogP contribution in [0.25, 0.3) is 22.3 Å².